The molecule has 2 heterocycles. The van der Waals surface area contributed by atoms with Crippen LogP contribution in [0.1, 0.15) is 36.1 Å². The summed E-state index contributed by atoms with van der Waals surface area (Å²) < 4.78 is 1.82. The van der Waals surface area contributed by atoms with Crippen molar-refractivity contribution in [2.45, 2.75) is 39.0 Å². The molecule has 0 bridgehead atoms. The van der Waals surface area contributed by atoms with Gasteiger partial charge in [-0.1, -0.05) is 29.8 Å². The molecule has 0 radical (unpaired) electrons. The lowest BCUT2D eigenvalue weighted by atomic mass is 10.1. The molecule has 0 atom stereocenters. The summed E-state index contributed by atoms with van der Waals surface area (Å²) in [4.78, 5) is 13.8. The normalized spacial score (nSPS) is 10.9. The number of aromatic nitrogens is 4. The number of H-pyrrole nitrogens is 1. The number of aryl methyl sites for hydroxylation is 3. The molecule has 0 saturated heterocycles. The molecule has 1 aromatic carbocycles. The summed E-state index contributed by atoms with van der Waals surface area (Å²) in [6.45, 7) is 2.06. The highest BCUT2D eigenvalue weighted by atomic mass is 16.3. The van der Waals surface area contributed by atoms with Crippen molar-refractivity contribution in [1.29, 1.82) is 0 Å². The Balaban J connectivity index is 1.48. The maximum atomic E-state index is 11.3. The maximum absolute atomic E-state index is 11.3. The minimum Gasteiger partial charge on any atom is -0.503 e. The van der Waals surface area contributed by atoms with Crippen LogP contribution in [-0.4, -0.2) is 25.1 Å². The van der Waals surface area contributed by atoms with Gasteiger partial charge >= 0.3 is 0 Å². The average Bonchev–Trinajstić information content (AvgIpc) is 3.07. The van der Waals surface area contributed by atoms with Crippen molar-refractivity contribution in [3.8, 4) is 11.4 Å². The van der Waals surface area contributed by atoms with Gasteiger partial charge < -0.3 is 10.1 Å². The first-order chi connectivity index (χ1) is 12.1. The smallest absolute Gasteiger partial charge is 0.290 e. The Morgan fingerprint density at radius 1 is 1.12 bits per heavy atom. The number of para-hydroxylation sites is 1. The third-order valence-electron chi connectivity index (χ3n) is 4.30. The Hall–Kier alpha value is -2.89. The van der Waals surface area contributed by atoms with E-state index in [9.17, 15) is 9.90 Å². The van der Waals surface area contributed by atoms with Gasteiger partial charge in [0, 0.05) is 11.8 Å². The summed E-state index contributed by atoms with van der Waals surface area (Å²) in [6, 6.07) is 9.84. The zero-order valence-corrected chi connectivity index (χ0v) is 14.3. The summed E-state index contributed by atoms with van der Waals surface area (Å²) in [5.41, 5.74) is 3.46. The van der Waals surface area contributed by atoms with Gasteiger partial charge in [-0.05, 0) is 50.3 Å². The number of benzene rings is 1. The zero-order chi connectivity index (χ0) is 17.6. The predicted octanol–water partition coefficient (Wildman–Crippen LogP) is 2.93. The van der Waals surface area contributed by atoms with Crippen LogP contribution in [0.2, 0.25) is 0 Å². The van der Waals surface area contributed by atoms with Crippen molar-refractivity contribution in [2.24, 2.45) is 0 Å². The largest absolute Gasteiger partial charge is 0.503 e. The topological polar surface area (TPSA) is 83.8 Å². The van der Waals surface area contributed by atoms with Crippen molar-refractivity contribution in [1.82, 2.24) is 20.0 Å². The van der Waals surface area contributed by atoms with E-state index >= 15 is 0 Å². The first-order valence-corrected chi connectivity index (χ1v) is 8.52. The predicted molar refractivity (Wildman–Crippen MR) is 96.1 cm³/mol. The van der Waals surface area contributed by atoms with E-state index in [4.69, 9.17) is 0 Å². The zero-order valence-electron chi connectivity index (χ0n) is 14.3. The van der Waals surface area contributed by atoms with Crippen LogP contribution in [0.5, 0.6) is 5.75 Å². The fourth-order valence-corrected chi connectivity index (χ4v) is 2.86. The average molecular weight is 338 g/mol. The molecule has 0 saturated carbocycles. The molecule has 0 aliphatic heterocycles. The molecule has 0 amide bonds. The van der Waals surface area contributed by atoms with Crippen LogP contribution in [0, 0.1) is 6.92 Å². The van der Waals surface area contributed by atoms with E-state index < -0.39 is 5.56 Å². The number of hydrogen-bond donors (Lipinski definition) is 2. The standard InChI is InChI=1S/C19H22N4O2/c1-14-7-5-6-10-17(14)23-13-16(21-22-23)9-4-2-3-8-15-11-12-20-19(25)18(15)24/h5-7,10-13,24H,2-4,8-9H2,1H3,(H,20,25). The molecule has 2 aromatic heterocycles. The molecular formula is C19H22N4O2. The minimum absolute atomic E-state index is 0.163. The van der Waals surface area contributed by atoms with Crippen molar-refractivity contribution < 1.29 is 5.11 Å². The third kappa shape index (κ3) is 4.15. The Morgan fingerprint density at radius 3 is 2.76 bits per heavy atom. The van der Waals surface area contributed by atoms with Gasteiger partial charge in [-0.2, -0.15) is 0 Å². The van der Waals surface area contributed by atoms with Crippen LogP contribution in [0.3, 0.4) is 0 Å². The van der Waals surface area contributed by atoms with Gasteiger partial charge in [-0.25, -0.2) is 4.68 Å². The van der Waals surface area contributed by atoms with Crippen molar-refractivity contribution >= 4 is 0 Å². The molecule has 0 unspecified atom stereocenters. The van der Waals surface area contributed by atoms with Gasteiger partial charge in [-0.3, -0.25) is 4.79 Å². The lowest BCUT2D eigenvalue weighted by Crippen LogP contribution is -2.06. The number of pyridine rings is 1. The molecule has 2 N–H and O–H groups in total. The summed E-state index contributed by atoms with van der Waals surface area (Å²) in [7, 11) is 0. The summed E-state index contributed by atoms with van der Waals surface area (Å²) >= 11 is 0. The van der Waals surface area contributed by atoms with E-state index in [0.29, 0.717) is 12.0 Å². The van der Waals surface area contributed by atoms with Crippen molar-refractivity contribution in [2.75, 3.05) is 0 Å². The molecule has 0 spiro atoms. The summed E-state index contributed by atoms with van der Waals surface area (Å²) in [5.74, 6) is -0.163. The van der Waals surface area contributed by atoms with Gasteiger partial charge in [0.25, 0.3) is 5.56 Å². The van der Waals surface area contributed by atoms with Gasteiger partial charge in [0.05, 0.1) is 17.6 Å². The maximum Gasteiger partial charge on any atom is 0.290 e. The molecule has 0 aliphatic rings. The number of unbranched alkanes of at least 4 members (excludes halogenated alkanes) is 2. The monoisotopic (exact) mass is 338 g/mol. The van der Waals surface area contributed by atoms with E-state index in [1.807, 2.05) is 29.1 Å². The second-order valence-electron chi connectivity index (χ2n) is 6.18. The highest BCUT2D eigenvalue weighted by Gasteiger charge is 2.06. The Morgan fingerprint density at radius 2 is 1.92 bits per heavy atom. The second kappa shape index (κ2) is 7.79. The van der Waals surface area contributed by atoms with E-state index in [-0.39, 0.29) is 5.75 Å². The first-order valence-electron chi connectivity index (χ1n) is 8.52. The minimum atomic E-state index is -0.426. The highest BCUT2D eigenvalue weighted by molar-refractivity contribution is 5.39. The molecule has 3 rings (SSSR count). The molecule has 6 nitrogen and oxygen atoms in total. The SMILES string of the molecule is Cc1ccccc1-n1cc(CCCCCc2cc[nH]c(=O)c2O)nn1. The third-order valence-corrected chi connectivity index (χ3v) is 4.30. The molecule has 3 aromatic rings. The Labute approximate surface area is 146 Å². The van der Waals surface area contributed by atoms with Crippen molar-refractivity contribution in [3.63, 3.8) is 0 Å². The fraction of sp³-hybridized carbons (Fsp3) is 0.316. The molecule has 0 aliphatic carbocycles. The highest BCUT2D eigenvalue weighted by Crippen LogP contribution is 2.15. The van der Waals surface area contributed by atoms with E-state index in [0.717, 1.165) is 42.6 Å². The van der Waals surface area contributed by atoms with E-state index in [2.05, 4.69) is 28.3 Å². The van der Waals surface area contributed by atoms with Crippen molar-refractivity contribution in [3.05, 3.63) is 69.9 Å². The number of rotatable bonds is 7. The van der Waals surface area contributed by atoms with Crippen LogP contribution in [0.4, 0.5) is 0 Å². The summed E-state index contributed by atoms with van der Waals surface area (Å²) in [6.07, 6.45) is 8.04. The number of nitrogens with one attached hydrogen (secondary N) is 1. The number of hydrogen-bond acceptors (Lipinski definition) is 4. The van der Waals surface area contributed by atoms with Gasteiger partial charge in [0.15, 0.2) is 5.75 Å². The molecular weight excluding hydrogens is 316 g/mol. The van der Waals surface area contributed by atoms with E-state index in [1.165, 1.54) is 0 Å². The lowest BCUT2D eigenvalue weighted by molar-refractivity contribution is 0.457. The molecule has 25 heavy (non-hydrogen) atoms. The number of aromatic hydroxyl groups is 1. The van der Waals surface area contributed by atoms with E-state index in [1.54, 1.807) is 12.3 Å². The molecule has 6 heteroatoms. The van der Waals surface area contributed by atoms with Gasteiger partial charge in [-0.15, -0.1) is 5.10 Å². The van der Waals surface area contributed by atoms with Crippen LogP contribution >= 0.6 is 0 Å². The molecule has 130 valence electrons. The summed E-state index contributed by atoms with van der Waals surface area (Å²) in [5, 5.41) is 18.2. The quantitative estimate of drug-likeness (QED) is 0.649. The number of nitrogens with zero attached hydrogens (tertiary/aromatic N) is 3. The van der Waals surface area contributed by atoms with Crippen LogP contribution in [0.15, 0.2) is 47.5 Å². The number of aromatic amines is 1. The van der Waals surface area contributed by atoms with Crippen LogP contribution < -0.4 is 5.56 Å². The first kappa shape index (κ1) is 17.0. The van der Waals surface area contributed by atoms with Crippen LogP contribution in [0.25, 0.3) is 5.69 Å². The van der Waals surface area contributed by atoms with Crippen LogP contribution in [-0.2, 0) is 12.8 Å². The lowest BCUT2D eigenvalue weighted by Gasteiger charge is -2.03. The van der Waals surface area contributed by atoms with Gasteiger partial charge in [0.1, 0.15) is 0 Å². The molecule has 0 fully saturated rings. The Kier molecular flexibility index (Phi) is 5.28. The van der Waals surface area contributed by atoms with Gasteiger partial charge in [0.2, 0.25) is 0 Å². The second-order valence-corrected chi connectivity index (χ2v) is 6.18. The fourth-order valence-electron chi connectivity index (χ4n) is 2.86. The Bertz CT molecular complexity index is 898.